The third-order valence-corrected chi connectivity index (χ3v) is 27.4. The van der Waals surface area contributed by atoms with Gasteiger partial charge in [-0.3, -0.25) is 33.1 Å². The Balaban J connectivity index is 0.000000144. The molecule has 0 bridgehead atoms. The smallest absolute Gasteiger partial charge is 0.250 e. The van der Waals surface area contributed by atoms with Crippen molar-refractivity contribution in [3.8, 4) is 0 Å². The van der Waals surface area contributed by atoms with Crippen LogP contribution in [0.4, 0.5) is 34.1 Å². The summed E-state index contributed by atoms with van der Waals surface area (Å²) in [4.78, 5) is 64.4. The summed E-state index contributed by atoms with van der Waals surface area (Å²) in [6.45, 7) is 69.3. The highest BCUT2D eigenvalue weighted by atomic mass is 16.2. The van der Waals surface area contributed by atoms with Gasteiger partial charge in [-0.1, -0.05) is 277 Å². The van der Waals surface area contributed by atoms with Crippen molar-refractivity contribution in [2.24, 2.45) is 0 Å². The summed E-state index contributed by atoms with van der Waals surface area (Å²) in [6.07, 6.45) is 13.5. The van der Waals surface area contributed by atoms with Crippen LogP contribution < -0.4 is 36.4 Å². The number of likely N-dealkylation sites (N-methyl/N-ethyl adjacent to an activating group) is 2. The number of benzene rings is 8. The summed E-state index contributed by atoms with van der Waals surface area (Å²) < 4.78 is 3.33. The molecule has 8 aromatic carbocycles. The van der Waals surface area contributed by atoms with E-state index in [-0.39, 0.29) is 91.4 Å². The molecule has 15 nitrogen and oxygen atoms in total. The number of nitrogens with zero attached hydrogens (tertiary/aromatic N) is 5. The van der Waals surface area contributed by atoms with Gasteiger partial charge in [-0.05, 0) is 240 Å². The average Bonchev–Trinajstić information content (AvgIpc) is 1.55. The lowest BCUT2D eigenvalue weighted by atomic mass is 9.82. The minimum absolute atomic E-state index is 0.0197. The molecule has 15 heteroatoms. The molecule has 0 atom stereocenters. The minimum Gasteiger partial charge on any atom is -0.385 e. The van der Waals surface area contributed by atoms with E-state index in [9.17, 15) is 24.0 Å². The molecular formula is C115H158N10O5. The predicted octanol–water partition coefficient (Wildman–Crippen LogP) is 25.6. The van der Waals surface area contributed by atoms with Crippen LogP contribution in [0.2, 0.25) is 0 Å². The number of amides is 3. The van der Waals surface area contributed by atoms with E-state index in [4.69, 9.17) is 0 Å². The van der Waals surface area contributed by atoms with Crippen LogP contribution in [0, 0.1) is 0 Å². The number of hydrogen-bond donors (Lipinski definition) is 5. The Labute approximate surface area is 781 Å². The van der Waals surface area contributed by atoms with Crippen LogP contribution in [0.1, 0.15) is 320 Å². The number of carbonyl (C=O) groups excluding carboxylic acids is 5. The topological polar surface area (TPSA) is 165 Å². The number of anilines is 6. The molecular weight excluding hydrogens is 1600 g/mol. The number of hydrogen-bond acceptors (Lipinski definition) is 10. The number of aryl methyl sites for hydroxylation is 1. The zero-order valence-electron chi connectivity index (χ0n) is 85.3. The molecule has 0 saturated heterocycles. The summed E-state index contributed by atoms with van der Waals surface area (Å²) >= 11 is 0. The van der Waals surface area contributed by atoms with Gasteiger partial charge in [0.2, 0.25) is 23.6 Å². The standard InChI is InChI=1S/C18H25N3O2.C16H21NO.C14H19NO.C14H17NO.C14H19N.C14H21N.C13H19N.C12H17N/c1-18(2,3)14-7-6-13-8-9-21(15(13)10-14)17(23)12-20(5)16(22)11-19-4;1-11(18)17-10-16(7-8-16)13-6-5-12(9-14(13)17)15(2,3)4;2*1-10(16)15-8-7-11-5-6-12(9-13(11)15)14(2,3)4;1-13(2,3)10-4-5-11-12(8-10)15-9-14(11)6-7-14;1-13(2,3)10-6-7-11-12(8-10)15-9-14(11,4)5;1-13(2,3)11-7-6-10-5-4-8-14-12(10)9-11;1-12(2,3)10-5-4-9-6-7-13-11(9)8-10/h6-10,19H,11-12H2,1-5H3;5-6,9H,7-8,10H2,1-4H3;5-6,9H,7-8H2,1-4H3;5-9H,1-4H3;4-5,8,15H,6-7,9H2,1-3H3;6-8,15H,9H2,1-5H3;6-7,9,14H,4-5,8H2,1-3H3;4-5,8,13H,6-7H2,1-3H3. The van der Waals surface area contributed by atoms with Gasteiger partial charge >= 0.3 is 0 Å². The Morgan fingerprint density at radius 1 is 0.377 bits per heavy atom. The Morgan fingerprint density at radius 2 is 0.762 bits per heavy atom. The maximum absolute atomic E-state index is 12.5. The number of aromatic nitrogens is 2. The first kappa shape index (κ1) is 100. The lowest BCUT2D eigenvalue weighted by molar-refractivity contribution is -0.128. The van der Waals surface area contributed by atoms with E-state index >= 15 is 0 Å². The van der Waals surface area contributed by atoms with Gasteiger partial charge in [0.15, 0.2) is 0 Å². The van der Waals surface area contributed by atoms with Crippen LogP contribution in [-0.2, 0) is 93.2 Å². The lowest BCUT2D eigenvalue weighted by Crippen LogP contribution is -2.38. The maximum Gasteiger partial charge on any atom is 0.250 e. The molecule has 2 spiro atoms. The molecule has 8 heterocycles. The monoisotopic (exact) mass is 1760 g/mol. The highest BCUT2D eigenvalue weighted by Crippen LogP contribution is 2.58. The van der Waals surface area contributed by atoms with Crippen molar-refractivity contribution in [3.05, 3.63) is 248 Å². The molecule has 2 saturated carbocycles. The molecule has 2 aromatic heterocycles. The second-order valence-electron chi connectivity index (χ2n) is 46.8. The van der Waals surface area contributed by atoms with Gasteiger partial charge < -0.3 is 41.3 Å². The van der Waals surface area contributed by atoms with Crippen molar-refractivity contribution in [1.82, 2.24) is 19.4 Å². The molecule has 0 unspecified atom stereocenters. The molecule has 0 radical (unpaired) electrons. The van der Waals surface area contributed by atoms with Crippen LogP contribution in [0.25, 0.3) is 21.8 Å². The highest BCUT2D eigenvalue weighted by Gasteiger charge is 2.53. The van der Waals surface area contributed by atoms with E-state index in [0.29, 0.717) is 10.8 Å². The van der Waals surface area contributed by atoms with Crippen LogP contribution in [0.15, 0.2) is 170 Å². The molecule has 3 amide bonds. The quantitative estimate of drug-likeness (QED) is 0.115. The van der Waals surface area contributed by atoms with Gasteiger partial charge in [0.25, 0.3) is 5.91 Å². The average molecular weight is 1760 g/mol. The fourth-order valence-corrected chi connectivity index (χ4v) is 17.9. The first-order valence-corrected chi connectivity index (χ1v) is 47.9. The number of fused-ring (bicyclic) bond motifs is 10. The second kappa shape index (κ2) is 38.5. The molecule has 6 aliphatic heterocycles. The third kappa shape index (κ3) is 24.2. The molecule has 130 heavy (non-hydrogen) atoms. The Morgan fingerprint density at radius 3 is 1.22 bits per heavy atom. The lowest BCUT2D eigenvalue weighted by Gasteiger charge is -2.24. The first-order chi connectivity index (χ1) is 60.3. The van der Waals surface area contributed by atoms with Gasteiger partial charge in [0.05, 0.1) is 17.6 Å². The summed E-state index contributed by atoms with van der Waals surface area (Å²) in [7, 11) is 3.35. The molecule has 2 fully saturated rings. The molecule has 698 valence electrons. The van der Waals surface area contributed by atoms with Gasteiger partial charge in [-0.25, -0.2) is 0 Å². The highest BCUT2D eigenvalue weighted by molar-refractivity contribution is 5.97. The summed E-state index contributed by atoms with van der Waals surface area (Å²) in [6, 6.07) is 57.2. The fraction of sp³-hybridized carbons (Fsp3) is 0.504. The van der Waals surface area contributed by atoms with E-state index in [0.717, 1.165) is 78.9 Å². The van der Waals surface area contributed by atoms with Gasteiger partial charge in [-0.2, -0.15) is 0 Å². The SMILES string of the molecule is CC(=O)N1CC2(CC2)c2ccc(C(C)(C)C)cc21.CC(=O)N1CCc2ccc(C(C)(C)C)cc21.CC(=O)n1ccc2ccc(C(C)(C)C)cc21.CC(C)(C)c1ccc2c(c1)NCC2.CC(C)(C)c1ccc2c(c1)NCC2(C)C.CC(C)(C)c1ccc2c(c1)NCC21CC1.CC(C)(C)c1ccc2c(c1)NCCC2.CNCC(=O)N(C)CC(=O)n1ccc2ccc(C(C)(C)C)cc21. The largest absolute Gasteiger partial charge is 0.385 e. The molecule has 5 N–H and O–H groups in total. The second-order valence-corrected chi connectivity index (χ2v) is 46.8. The molecule has 2 aliphatic carbocycles. The van der Waals surface area contributed by atoms with E-state index in [1.54, 1.807) is 55.8 Å². The van der Waals surface area contributed by atoms with E-state index < -0.39 is 0 Å². The van der Waals surface area contributed by atoms with E-state index in [1.165, 1.54) is 145 Å². The third-order valence-electron chi connectivity index (χ3n) is 27.4. The minimum atomic E-state index is -0.113. The van der Waals surface area contributed by atoms with Crippen molar-refractivity contribution >= 4 is 85.5 Å². The number of nitrogens with one attached hydrogen (secondary N) is 5. The Hall–Kier alpha value is -10.2. The van der Waals surface area contributed by atoms with Crippen molar-refractivity contribution in [1.29, 1.82) is 0 Å². The molecule has 8 aliphatic rings. The predicted molar refractivity (Wildman–Crippen MR) is 551 cm³/mol. The van der Waals surface area contributed by atoms with Crippen LogP contribution in [0.5, 0.6) is 0 Å². The summed E-state index contributed by atoms with van der Waals surface area (Å²) in [5, 5.41) is 18.9. The Bertz CT molecular complexity index is 5690. The van der Waals surface area contributed by atoms with Gasteiger partial charge in [0, 0.05) is 141 Å². The van der Waals surface area contributed by atoms with E-state index in [2.05, 4.69) is 346 Å². The van der Waals surface area contributed by atoms with Crippen LogP contribution in [0.3, 0.4) is 0 Å². The van der Waals surface area contributed by atoms with Crippen molar-refractivity contribution < 1.29 is 24.0 Å². The maximum atomic E-state index is 12.5. The number of rotatable bonds is 4. The fourth-order valence-electron chi connectivity index (χ4n) is 17.9. The van der Waals surface area contributed by atoms with Crippen molar-refractivity contribution in [3.63, 3.8) is 0 Å². The van der Waals surface area contributed by atoms with Gasteiger partial charge in [-0.15, -0.1) is 0 Å². The molecule has 18 rings (SSSR count). The van der Waals surface area contributed by atoms with E-state index in [1.807, 2.05) is 34.2 Å². The van der Waals surface area contributed by atoms with Crippen LogP contribution >= 0.6 is 0 Å². The summed E-state index contributed by atoms with van der Waals surface area (Å²) in [5.74, 6) is 0.155. The Kier molecular flexibility index (Phi) is 29.7. The van der Waals surface area contributed by atoms with Crippen molar-refractivity contribution in [2.45, 2.75) is 312 Å². The normalized spacial score (nSPS) is 16.0. The summed E-state index contributed by atoms with van der Waals surface area (Å²) in [5.41, 5.74) is 31.5. The van der Waals surface area contributed by atoms with Crippen molar-refractivity contribution in [2.75, 3.05) is 97.5 Å². The molecule has 10 aromatic rings. The zero-order valence-corrected chi connectivity index (χ0v) is 85.3. The zero-order chi connectivity index (χ0) is 95.8. The first-order valence-electron chi connectivity index (χ1n) is 47.9. The van der Waals surface area contributed by atoms with Gasteiger partial charge in [0.1, 0.15) is 6.54 Å². The number of carbonyl (C=O) groups is 5. The van der Waals surface area contributed by atoms with Crippen LogP contribution in [-0.4, -0.2) is 110 Å².